The zero-order valence-electron chi connectivity index (χ0n) is 9.61. The summed E-state index contributed by atoms with van der Waals surface area (Å²) in [6, 6.07) is 0. The second-order valence-electron chi connectivity index (χ2n) is 4.07. The van der Waals surface area contributed by atoms with Gasteiger partial charge in [0.25, 0.3) is 0 Å². The van der Waals surface area contributed by atoms with Crippen LogP contribution in [0.2, 0.25) is 0 Å². The summed E-state index contributed by atoms with van der Waals surface area (Å²) in [6.07, 6.45) is 12.9. The molecule has 0 aromatic carbocycles. The third-order valence-electron chi connectivity index (χ3n) is 2.69. The Morgan fingerprint density at radius 3 is 2.80 bits per heavy atom. The highest BCUT2D eigenvalue weighted by atomic mass is 16.5. The van der Waals surface area contributed by atoms with Crippen molar-refractivity contribution < 1.29 is 9.53 Å². The summed E-state index contributed by atoms with van der Waals surface area (Å²) in [5, 5.41) is 0. The second-order valence-corrected chi connectivity index (χ2v) is 4.07. The molecular formula is C13H20O2. The Morgan fingerprint density at radius 1 is 1.33 bits per heavy atom. The lowest BCUT2D eigenvalue weighted by Gasteiger charge is -2.26. The van der Waals surface area contributed by atoms with Gasteiger partial charge in [-0.2, -0.15) is 0 Å². The average molecular weight is 208 g/mol. The van der Waals surface area contributed by atoms with Crippen LogP contribution in [0.3, 0.4) is 0 Å². The van der Waals surface area contributed by atoms with Crippen LogP contribution >= 0.6 is 0 Å². The molecule has 84 valence electrons. The van der Waals surface area contributed by atoms with Crippen LogP contribution in [0.5, 0.6) is 0 Å². The van der Waals surface area contributed by atoms with E-state index in [0.29, 0.717) is 5.92 Å². The Morgan fingerprint density at radius 2 is 2.13 bits per heavy atom. The fourth-order valence-electron chi connectivity index (χ4n) is 2.03. The van der Waals surface area contributed by atoms with E-state index in [1.165, 1.54) is 13.3 Å². The maximum Gasteiger partial charge on any atom is 0.302 e. The van der Waals surface area contributed by atoms with Crippen LogP contribution in [0.25, 0.3) is 0 Å². The number of rotatable bonds is 3. The lowest BCUT2D eigenvalue weighted by molar-refractivity contribution is -0.148. The summed E-state index contributed by atoms with van der Waals surface area (Å²) in [7, 11) is 0. The zero-order chi connectivity index (χ0) is 11.1. The fraction of sp³-hybridized carbons (Fsp3) is 0.615. The van der Waals surface area contributed by atoms with Crippen LogP contribution in [-0.4, -0.2) is 12.1 Å². The van der Waals surface area contributed by atoms with E-state index in [1.54, 1.807) is 0 Å². The highest BCUT2D eigenvalue weighted by Crippen LogP contribution is 2.27. The van der Waals surface area contributed by atoms with Gasteiger partial charge in [0.2, 0.25) is 0 Å². The van der Waals surface area contributed by atoms with Crippen LogP contribution in [0.15, 0.2) is 24.3 Å². The number of carbonyl (C=O) groups excluding carboxylic acids is 1. The van der Waals surface area contributed by atoms with Crippen LogP contribution < -0.4 is 0 Å². The van der Waals surface area contributed by atoms with Gasteiger partial charge in [0.1, 0.15) is 6.10 Å². The van der Waals surface area contributed by atoms with E-state index < -0.39 is 0 Å². The van der Waals surface area contributed by atoms with Gasteiger partial charge in [-0.05, 0) is 38.5 Å². The molecule has 1 aliphatic carbocycles. The van der Waals surface area contributed by atoms with Crippen LogP contribution in [0, 0.1) is 5.92 Å². The van der Waals surface area contributed by atoms with E-state index in [0.717, 1.165) is 19.3 Å². The lowest BCUT2D eigenvalue weighted by Crippen LogP contribution is -2.23. The molecule has 0 bridgehead atoms. The minimum atomic E-state index is -0.155. The normalized spacial score (nSPS) is 27.3. The molecular weight excluding hydrogens is 188 g/mol. The van der Waals surface area contributed by atoms with Crippen molar-refractivity contribution in [1.82, 2.24) is 0 Å². The largest absolute Gasteiger partial charge is 0.463 e. The Labute approximate surface area is 92.0 Å². The minimum Gasteiger partial charge on any atom is -0.463 e. The van der Waals surface area contributed by atoms with Crippen LogP contribution in [0.1, 0.15) is 39.5 Å². The number of hydrogen-bond donors (Lipinski definition) is 0. The number of allylic oxidation sites excluding steroid dienone is 4. The number of esters is 1. The quantitative estimate of drug-likeness (QED) is 0.525. The summed E-state index contributed by atoms with van der Waals surface area (Å²) >= 11 is 0. The SMILES string of the molecule is C/C=C/C=C/[C@@H]1CCC[C@H](OC(C)=O)C1. The molecule has 0 radical (unpaired) electrons. The van der Waals surface area contributed by atoms with Gasteiger partial charge in [-0.1, -0.05) is 24.3 Å². The molecule has 0 N–H and O–H groups in total. The third kappa shape index (κ3) is 4.82. The molecule has 0 amide bonds. The van der Waals surface area contributed by atoms with Crippen molar-refractivity contribution in [2.75, 3.05) is 0 Å². The first-order valence-electron chi connectivity index (χ1n) is 5.69. The van der Waals surface area contributed by atoms with Crippen molar-refractivity contribution in [1.29, 1.82) is 0 Å². The number of hydrogen-bond acceptors (Lipinski definition) is 2. The first kappa shape index (κ1) is 12.0. The Kier molecular flexibility index (Phi) is 5.16. The van der Waals surface area contributed by atoms with Gasteiger partial charge in [-0.15, -0.1) is 0 Å². The Hall–Kier alpha value is -1.05. The Balaban J connectivity index is 2.38. The zero-order valence-corrected chi connectivity index (χ0v) is 9.61. The van der Waals surface area contributed by atoms with Crippen molar-refractivity contribution in [2.24, 2.45) is 5.92 Å². The fourth-order valence-corrected chi connectivity index (χ4v) is 2.03. The number of carbonyl (C=O) groups is 1. The average Bonchev–Trinajstić information content (AvgIpc) is 2.18. The standard InChI is InChI=1S/C13H20O2/c1-3-4-5-7-12-8-6-9-13(10-12)15-11(2)14/h3-5,7,12-13H,6,8-10H2,1-2H3/b4-3+,7-5+/t12-,13+/m1/s1. The van der Waals surface area contributed by atoms with Crippen molar-refractivity contribution in [3.8, 4) is 0 Å². The predicted octanol–water partition coefficient (Wildman–Crippen LogP) is 3.24. The molecule has 1 saturated carbocycles. The molecule has 15 heavy (non-hydrogen) atoms. The molecule has 2 heteroatoms. The second kappa shape index (κ2) is 6.44. The van der Waals surface area contributed by atoms with Gasteiger partial charge in [0, 0.05) is 6.92 Å². The van der Waals surface area contributed by atoms with Crippen molar-refractivity contribution in [3.05, 3.63) is 24.3 Å². The summed E-state index contributed by atoms with van der Waals surface area (Å²) < 4.78 is 5.24. The maximum atomic E-state index is 10.8. The summed E-state index contributed by atoms with van der Waals surface area (Å²) in [4.78, 5) is 10.8. The maximum absolute atomic E-state index is 10.8. The van der Waals surface area contributed by atoms with Crippen molar-refractivity contribution in [2.45, 2.75) is 45.6 Å². The molecule has 0 saturated heterocycles. The van der Waals surface area contributed by atoms with E-state index in [4.69, 9.17) is 4.74 Å². The van der Waals surface area contributed by atoms with Crippen LogP contribution in [0.4, 0.5) is 0 Å². The van der Waals surface area contributed by atoms with Gasteiger partial charge in [-0.25, -0.2) is 0 Å². The third-order valence-corrected chi connectivity index (χ3v) is 2.69. The monoisotopic (exact) mass is 208 g/mol. The lowest BCUT2D eigenvalue weighted by atomic mass is 9.87. The smallest absolute Gasteiger partial charge is 0.302 e. The van der Waals surface area contributed by atoms with Crippen molar-refractivity contribution in [3.63, 3.8) is 0 Å². The molecule has 0 aromatic heterocycles. The van der Waals surface area contributed by atoms with E-state index in [9.17, 15) is 4.79 Å². The molecule has 0 spiro atoms. The first-order valence-corrected chi connectivity index (χ1v) is 5.69. The molecule has 2 atom stereocenters. The van der Waals surface area contributed by atoms with E-state index in [1.807, 2.05) is 19.1 Å². The molecule has 0 heterocycles. The van der Waals surface area contributed by atoms with Gasteiger partial charge in [0.05, 0.1) is 0 Å². The molecule has 0 aliphatic heterocycles. The molecule has 2 nitrogen and oxygen atoms in total. The molecule has 0 aromatic rings. The first-order chi connectivity index (χ1) is 7.22. The topological polar surface area (TPSA) is 26.3 Å². The highest BCUT2D eigenvalue weighted by Gasteiger charge is 2.21. The predicted molar refractivity (Wildman–Crippen MR) is 61.5 cm³/mol. The van der Waals surface area contributed by atoms with Gasteiger partial charge in [0.15, 0.2) is 0 Å². The molecule has 1 aliphatic rings. The summed E-state index contributed by atoms with van der Waals surface area (Å²) in [6.45, 7) is 3.49. The molecule has 1 rings (SSSR count). The van der Waals surface area contributed by atoms with Crippen molar-refractivity contribution >= 4 is 5.97 Å². The minimum absolute atomic E-state index is 0.136. The molecule has 1 fully saturated rings. The van der Waals surface area contributed by atoms with Gasteiger partial charge in [-0.3, -0.25) is 4.79 Å². The van der Waals surface area contributed by atoms with E-state index in [-0.39, 0.29) is 12.1 Å². The van der Waals surface area contributed by atoms with Crippen LogP contribution in [-0.2, 0) is 9.53 Å². The van der Waals surface area contributed by atoms with Gasteiger partial charge >= 0.3 is 5.97 Å². The van der Waals surface area contributed by atoms with E-state index in [2.05, 4.69) is 12.2 Å². The van der Waals surface area contributed by atoms with E-state index >= 15 is 0 Å². The summed E-state index contributed by atoms with van der Waals surface area (Å²) in [5.41, 5.74) is 0. The highest BCUT2D eigenvalue weighted by molar-refractivity contribution is 5.66. The Bertz CT molecular complexity index is 253. The number of ether oxygens (including phenoxy) is 1. The molecule has 0 unspecified atom stereocenters. The summed E-state index contributed by atoms with van der Waals surface area (Å²) in [5.74, 6) is 0.414. The van der Waals surface area contributed by atoms with Gasteiger partial charge < -0.3 is 4.74 Å².